The second kappa shape index (κ2) is 11.9. The molecule has 0 bridgehead atoms. The fourth-order valence-electron chi connectivity index (χ4n) is 3.88. The minimum absolute atomic E-state index is 0. The van der Waals surface area contributed by atoms with Crippen molar-refractivity contribution in [3.8, 4) is 11.3 Å². The first kappa shape index (κ1) is 27.7. The summed E-state index contributed by atoms with van der Waals surface area (Å²) in [7, 11) is 0. The summed E-state index contributed by atoms with van der Waals surface area (Å²) in [5.74, 6) is 0.161. The molecular weight excluding hydrogens is 643 g/mol. The predicted octanol–water partition coefficient (Wildman–Crippen LogP) is 8.69. The van der Waals surface area contributed by atoms with Gasteiger partial charge in [-0.05, 0) is 45.1 Å². The van der Waals surface area contributed by atoms with E-state index in [0.717, 1.165) is 11.3 Å². The molecule has 0 saturated heterocycles. The quantitative estimate of drug-likeness (QED) is 0.118. The van der Waals surface area contributed by atoms with Gasteiger partial charge in [0.2, 0.25) is 0 Å². The molecule has 0 aliphatic carbocycles. The van der Waals surface area contributed by atoms with Crippen LogP contribution in [0.5, 0.6) is 0 Å². The van der Waals surface area contributed by atoms with Gasteiger partial charge in [0.15, 0.2) is 5.78 Å². The third-order valence-corrected chi connectivity index (χ3v) is 7.39. The minimum atomic E-state index is -0.0316. The molecule has 3 aromatic carbocycles. The monoisotopic (exact) mass is 673 g/mol. The molecule has 0 amide bonds. The molecule has 5 rings (SSSR count). The first-order valence-electron chi connectivity index (χ1n) is 11.9. The largest absolute Gasteiger partial charge is 0.512 e. The Morgan fingerprint density at radius 3 is 2.33 bits per heavy atom. The number of pyridine rings is 1. The van der Waals surface area contributed by atoms with E-state index in [-0.39, 0.29) is 43.5 Å². The van der Waals surface area contributed by atoms with Crippen LogP contribution in [0.4, 0.5) is 0 Å². The van der Waals surface area contributed by atoms with Crippen molar-refractivity contribution in [2.75, 3.05) is 0 Å². The summed E-state index contributed by atoms with van der Waals surface area (Å²) in [6.07, 6.45) is 3.21. The predicted molar refractivity (Wildman–Crippen MR) is 149 cm³/mol. The number of aliphatic hydroxyl groups is 1. The fourth-order valence-corrected chi connectivity index (χ4v) is 5.15. The van der Waals surface area contributed by atoms with Gasteiger partial charge in [-0.1, -0.05) is 75.5 Å². The molecule has 0 atom stereocenters. The minimum Gasteiger partial charge on any atom is -0.512 e. The Morgan fingerprint density at radius 1 is 0.917 bits per heavy atom. The number of allylic oxidation sites excluding steroid dienone is 2. The molecule has 0 fully saturated rings. The van der Waals surface area contributed by atoms with Crippen LogP contribution in [0.25, 0.3) is 42.2 Å². The average Bonchev–Trinajstić information content (AvgIpc) is 3.24. The number of rotatable bonds is 4. The summed E-state index contributed by atoms with van der Waals surface area (Å²) in [5, 5.41) is 14.2. The van der Waals surface area contributed by atoms with E-state index in [1.54, 1.807) is 0 Å². The molecule has 5 aromatic rings. The van der Waals surface area contributed by atoms with E-state index in [1.807, 2.05) is 51.3 Å². The van der Waals surface area contributed by atoms with E-state index in [0.29, 0.717) is 0 Å². The molecule has 2 heterocycles. The average molecular weight is 673 g/mol. The molecule has 0 spiro atoms. The normalized spacial score (nSPS) is 11.6. The molecule has 0 unspecified atom stereocenters. The first-order valence-corrected chi connectivity index (χ1v) is 12.7. The molecule has 5 heteroatoms. The maximum Gasteiger partial charge on any atom is 0.161 e. The van der Waals surface area contributed by atoms with Gasteiger partial charge in [-0.2, -0.15) is 11.3 Å². The van der Waals surface area contributed by atoms with Gasteiger partial charge in [0.25, 0.3) is 0 Å². The van der Waals surface area contributed by atoms with E-state index in [4.69, 9.17) is 4.98 Å². The maximum absolute atomic E-state index is 11.0. The number of nitrogens with zero attached hydrogens (tertiary/aromatic N) is 1. The maximum atomic E-state index is 11.0. The number of carbonyl (C=O) groups excluding carboxylic acids is 1. The number of fused-ring (bicyclic) bond motifs is 4. The van der Waals surface area contributed by atoms with E-state index in [1.165, 1.54) is 42.6 Å². The van der Waals surface area contributed by atoms with Crippen LogP contribution in [0.15, 0.2) is 78.7 Å². The number of hydrogen-bond donors (Lipinski definition) is 1. The van der Waals surface area contributed by atoms with Crippen molar-refractivity contribution in [3.05, 3.63) is 90.3 Å². The second-order valence-corrected chi connectivity index (χ2v) is 10.3. The van der Waals surface area contributed by atoms with Gasteiger partial charge >= 0.3 is 0 Å². The molecule has 187 valence electrons. The Labute approximate surface area is 230 Å². The number of aryl methyl sites for hydroxylation is 1. The number of thiophene rings is 1. The SMILES string of the molecule is CC(C)C(=O)/C=C(\O)C(C)C.Cc1cccc2c1sc1c(-c3nccc4ccccc34)[c-]ccc12.[Ir]. The number of aromatic nitrogens is 1. The Kier molecular flexibility index (Phi) is 9.18. The molecule has 1 radical (unpaired) electrons. The van der Waals surface area contributed by atoms with Crippen LogP contribution in [-0.4, -0.2) is 15.9 Å². The van der Waals surface area contributed by atoms with Gasteiger partial charge in [-0.25, -0.2) is 0 Å². The van der Waals surface area contributed by atoms with Gasteiger partial charge in [-0.15, -0.1) is 23.8 Å². The fraction of sp³-hybridized carbons (Fsp3) is 0.226. The van der Waals surface area contributed by atoms with Crippen LogP contribution in [0.1, 0.15) is 33.3 Å². The zero-order chi connectivity index (χ0) is 25.1. The van der Waals surface area contributed by atoms with E-state index in [9.17, 15) is 9.90 Å². The summed E-state index contributed by atoms with van der Waals surface area (Å²) in [6.45, 7) is 9.50. The van der Waals surface area contributed by atoms with E-state index >= 15 is 0 Å². The topological polar surface area (TPSA) is 50.2 Å². The van der Waals surface area contributed by atoms with E-state index in [2.05, 4.69) is 67.6 Å². The van der Waals surface area contributed by atoms with Crippen molar-refractivity contribution in [2.24, 2.45) is 11.8 Å². The van der Waals surface area contributed by atoms with E-state index < -0.39 is 0 Å². The van der Waals surface area contributed by atoms with Gasteiger partial charge in [0, 0.05) is 48.9 Å². The number of hydrogen-bond acceptors (Lipinski definition) is 4. The van der Waals surface area contributed by atoms with Crippen molar-refractivity contribution in [1.82, 2.24) is 4.98 Å². The summed E-state index contributed by atoms with van der Waals surface area (Å²) >= 11 is 1.85. The van der Waals surface area contributed by atoms with Crippen LogP contribution in [-0.2, 0) is 24.9 Å². The van der Waals surface area contributed by atoms with Gasteiger partial charge in [0.05, 0.1) is 5.76 Å². The molecular formula is C31H30IrNO2S-. The molecule has 3 nitrogen and oxygen atoms in total. The Hall–Kier alpha value is -2.85. The number of benzene rings is 3. The second-order valence-electron chi connectivity index (χ2n) is 9.31. The molecule has 2 aromatic heterocycles. The third kappa shape index (κ3) is 5.75. The van der Waals surface area contributed by atoms with Crippen molar-refractivity contribution in [1.29, 1.82) is 0 Å². The number of ketones is 1. The summed E-state index contributed by atoms with van der Waals surface area (Å²) < 4.78 is 2.62. The zero-order valence-corrected chi connectivity index (χ0v) is 24.3. The zero-order valence-electron chi connectivity index (χ0n) is 21.1. The Morgan fingerprint density at radius 2 is 1.61 bits per heavy atom. The Balaban J connectivity index is 0.000000260. The van der Waals surface area contributed by atoms with Crippen molar-refractivity contribution in [3.63, 3.8) is 0 Å². The summed E-state index contributed by atoms with van der Waals surface area (Å²) in [6, 6.07) is 24.6. The smallest absolute Gasteiger partial charge is 0.161 e. The molecule has 1 N–H and O–H groups in total. The standard InChI is InChI=1S/C22H14NS.C9H16O2.Ir/c1-14-6-4-9-17-18-10-5-11-19(22(18)24-21(14)17)20-16-8-3-2-7-15(16)12-13-23-20;1-6(2)8(10)5-9(11)7(3)4;/h2-10,12-13H,1H3;5-7,10H,1-4H3;/q-1;;/b;8-5-;. The van der Waals surface area contributed by atoms with Crippen LogP contribution in [0, 0.1) is 24.8 Å². The number of aliphatic hydroxyl groups excluding tert-OH is 1. The van der Waals surface area contributed by atoms with Crippen molar-refractivity contribution >= 4 is 48.1 Å². The third-order valence-electron chi connectivity index (χ3n) is 6.02. The van der Waals surface area contributed by atoms with Gasteiger partial charge in [-0.3, -0.25) is 4.79 Å². The van der Waals surface area contributed by atoms with Gasteiger partial charge < -0.3 is 10.1 Å². The Bertz CT molecular complexity index is 1540. The van der Waals surface area contributed by atoms with Crippen LogP contribution >= 0.6 is 11.3 Å². The number of carbonyl (C=O) groups is 1. The van der Waals surface area contributed by atoms with Crippen LogP contribution < -0.4 is 0 Å². The van der Waals surface area contributed by atoms with Crippen LogP contribution in [0.3, 0.4) is 0 Å². The first-order chi connectivity index (χ1) is 16.8. The van der Waals surface area contributed by atoms with Crippen LogP contribution in [0.2, 0.25) is 0 Å². The van der Waals surface area contributed by atoms with Gasteiger partial charge in [0.1, 0.15) is 0 Å². The van der Waals surface area contributed by atoms with Crippen molar-refractivity contribution < 1.29 is 30.0 Å². The molecule has 0 aliphatic heterocycles. The molecule has 0 aliphatic rings. The molecule has 36 heavy (non-hydrogen) atoms. The summed E-state index contributed by atoms with van der Waals surface area (Å²) in [5.41, 5.74) is 3.44. The molecule has 0 saturated carbocycles. The summed E-state index contributed by atoms with van der Waals surface area (Å²) in [4.78, 5) is 15.7. The van der Waals surface area contributed by atoms with Crippen molar-refractivity contribution in [2.45, 2.75) is 34.6 Å².